The number of para-hydroxylation sites is 1. The van der Waals surface area contributed by atoms with Crippen molar-refractivity contribution in [3.8, 4) is 22.7 Å². The summed E-state index contributed by atoms with van der Waals surface area (Å²) in [6.45, 7) is 3.29. The molecule has 0 radical (unpaired) electrons. The molecular formula is C32H30ClN3O2S2. The summed E-state index contributed by atoms with van der Waals surface area (Å²) in [5.74, 6) is 0.725. The molecule has 0 saturated carbocycles. The molecule has 0 unspecified atom stereocenters. The molecule has 1 aliphatic heterocycles. The second-order valence-electron chi connectivity index (χ2n) is 9.55. The standard InChI is InChI=1S/C32H30ClN3O2S2/c1-2-3-4-8-19-35-31(37)29(40-32(35)39)20-25-21-36(27-9-6-5-7-10-27)34-30(25)24-13-17-28(18-14-24)38-22-23-11-15-26(33)16-12-23/h5-7,9-18,20-21H,2-4,8,19,22H2,1H3/b29-20-. The first kappa shape index (κ1) is 28.1. The third-order valence-corrected chi connectivity index (χ3v) is 8.24. The molecule has 4 aromatic rings. The van der Waals surface area contributed by atoms with E-state index in [4.69, 9.17) is 33.7 Å². The fraction of sp³-hybridized carbons (Fsp3) is 0.219. The van der Waals surface area contributed by atoms with Gasteiger partial charge in [-0.15, -0.1) is 0 Å². The molecule has 40 heavy (non-hydrogen) atoms. The maximum atomic E-state index is 13.3. The van der Waals surface area contributed by atoms with Gasteiger partial charge in [-0.3, -0.25) is 9.69 Å². The van der Waals surface area contributed by atoms with Gasteiger partial charge in [-0.2, -0.15) is 5.10 Å². The molecule has 0 bridgehead atoms. The Morgan fingerprint density at radius 1 is 0.975 bits per heavy atom. The summed E-state index contributed by atoms with van der Waals surface area (Å²) < 4.78 is 8.43. The topological polar surface area (TPSA) is 47.4 Å². The van der Waals surface area contributed by atoms with E-state index >= 15 is 0 Å². The van der Waals surface area contributed by atoms with Gasteiger partial charge < -0.3 is 4.74 Å². The van der Waals surface area contributed by atoms with Crippen LogP contribution in [0, 0.1) is 0 Å². The van der Waals surface area contributed by atoms with Crippen LogP contribution in [0.3, 0.4) is 0 Å². The minimum atomic E-state index is -0.0316. The van der Waals surface area contributed by atoms with E-state index in [0.29, 0.717) is 27.4 Å². The fourth-order valence-electron chi connectivity index (χ4n) is 4.42. The first-order valence-electron chi connectivity index (χ1n) is 13.4. The molecular weight excluding hydrogens is 558 g/mol. The van der Waals surface area contributed by atoms with Crippen LogP contribution in [0.15, 0.2) is 90.0 Å². The first-order valence-corrected chi connectivity index (χ1v) is 15.0. The van der Waals surface area contributed by atoms with Gasteiger partial charge in [0.05, 0.1) is 16.3 Å². The number of halogens is 1. The highest BCUT2D eigenvalue weighted by Gasteiger charge is 2.32. The van der Waals surface area contributed by atoms with Crippen LogP contribution < -0.4 is 4.74 Å². The van der Waals surface area contributed by atoms with Gasteiger partial charge in [0.2, 0.25) is 0 Å². The lowest BCUT2D eigenvalue weighted by atomic mass is 10.1. The number of unbranched alkanes of at least 4 members (excludes halogenated alkanes) is 3. The number of hydrogen-bond acceptors (Lipinski definition) is 5. The van der Waals surface area contributed by atoms with Crippen LogP contribution in [0.2, 0.25) is 5.02 Å². The number of carbonyl (C=O) groups excluding carboxylic acids is 1. The SMILES string of the molecule is CCCCCCN1C(=O)/C(=C/c2cn(-c3ccccc3)nc2-c2ccc(OCc3ccc(Cl)cc3)cc2)SC1=S. The number of nitrogens with zero attached hydrogens (tertiary/aromatic N) is 3. The van der Waals surface area contributed by atoms with Gasteiger partial charge >= 0.3 is 0 Å². The van der Waals surface area contributed by atoms with Crippen molar-refractivity contribution in [1.82, 2.24) is 14.7 Å². The molecule has 0 N–H and O–H groups in total. The summed E-state index contributed by atoms with van der Waals surface area (Å²) in [5, 5.41) is 5.61. The lowest BCUT2D eigenvalue weighted by Crippen LogP contribution is -2.29. The maximum absolute atomic E-state index is 13.3. The molecule has 0 atom stereocenters. The van der Waals surface area contributed by atoms with Crippen molar-refractivity contribution in [3.05, 3.63) is 106 Å². The molecule has 5 rings (SSSR count). The molecule has 204 valence electrons. The third kappa shape index (κ3) is 6.84. The van der Waals surface area contributed by atoms with Crippen LogP contribution in [-0.2, 0) is 11.4 Å². The van der Waals surface area contributed by atoms with Crippen molar-refractivity contribution >= 4 is 51.9 Å². The highest BCUT2D eigenvalue weighted by molar-refractivity contribution is 8.26. The molecule has 3 aromatic carbocycles. The number of carbonyl (C=O) groups is 1. The number of ether oxygens (including phenoxy) is 1. The third-order valence-electron chi connectivity index (χ3n) is 6.61. The molecule has 1 aromatic heterocycles. The van der Waals surface area contributed by atoms with Crippen molar-refractivity contribution in [2.24, 2.45) is 0 Å². The number of aromatic nitrogens is 2. The zero-order valence-corrected chi connectivity index (χ0v) is 24.6. The van der Waals surface area contributed by atoms with Gasteiger partial charge in [0, 0.05) is 28.9 Å². The Morgan fingerprint density at radius 2 is 1.73 bits per heavy atom. The Labute approximate surface area is 249 Å². The average Bonchev–Trinajstić information content (AvgIpc) is 3.52. The predicted molar refractivity (Wildman–Crippen MR) is 169 cm³/mol. The van der Waals surface area contributed by atoms with Crippen molar-refractivity contribution in [3.63, 3.8) is 0 Å². The smallest absolute Gasteiger partial charge is 0.266 e. The Morgan fingerprint density at radius 3 is 2.45 bits per heavy atom. The quantitative estimate of drug-likeness (QED) is 0.0999. The summed E-state index contributed by atoms with van der Waals surface area (Å²) in [7, 11) is 0. The van der Waals surface area contributed by atoms with Crippen LogP contribution in [0.25, 0.3) is 23.0 Å². The van der Waals surface area contributed by atoms with Gasteiger partial charge in [0.1, 0.15) is 16.7 Å². The highest BCUT2D eigenvalue weighted by Crippen LogP contribution is 2.35. The zero-order valence-electron chi connectivity index (χ0n) is 22.3. The van der Waals surface area contributed by atoms with Crippen LogP contribution >= 0.6 is 35.6 Å². The average molecular weight is 588 g/mol. The van der Waals surface area contributed by atoms with E-state index in [1.165, 1.54) is 11.8 Å². The zero-order chi connectivity index (χ0) is 27.9. The Hall–Kier alpha value is -3.39. The van der Waals surface area contributed by atoms with Crippen molar-refractivity contribution < 1.29 is 9.53 Å². The van der Waals surface area contributed by atoms with Gasteiger partial charge in [-0.1, -0.05) is 92.1 Å². The number of rotatable bonds is 11. The number of hydrogen-bond donors (Lipinski definition) is 0. The van der Waals surface area contributed by atoms with Crippen LogP contribution in [0.5, 0.6) is 5.75 Å². The van der Waals surface area contributed by atoms with E-state index in [1.54, 1.807) is 4.90 Å². The summed E-state index contributed by atoms with van der Waals surface area (Å²) in [6.07, 6.45) is 8.25. The summed E-state index contributed by atoms with van der Waals surface area (Å²) >= 11 is 12.9. The monoisotopic (exact) mass is 587 g/mol. The first-order chi connectivity index (χ1) is 19.5. The summed E-state index contributed by atoms with van der Waals surface area (Å²) in [6, 6.07) is 25.4. The number of thiocarbonyl (C=S) groups is 1. The normalized spacial score (nSPS) is 14.3. The van der Waals surface area contributed by atoms with Crippen LogP contribution in [-0.4, -0.2) is 31.5 Å². The van der Waals surface area contributed by atoms with E-state index in [-0.39, 0.29) is 5.91 Å². The summed E-state index contributed by atoms with van der Waals surface area (Å²) in [5.41, 5.74) is 4.54. The maximum Gasteiger partial charge on any atom is 0.266 e. The number of benzene rings is 3. The van der Waals surface area contributed by atoms with E-state index in [9.17, 15) is 4.79 Å². The lowest BCUT2D eigenvalue weighted by molar-refractivity contribution is -0.122. The second kappa shape index (κ2) is 13.3. The molecule has 2 heterocycles. The largest absolute Gasteiger partial charge is 0.489 e. The second-order valence-corrected chi connectivity index (χ2v) is 11.7. The molecule has 0 aliphatic carbocycles. The fourth-order valence-corrected chi connectivity index (χ4v) is 5.84. The minimum Gasteiger partial charge on any atom is -0.489 e. The van der Waals surface area contributed by atoms with Crippen LogP contribution in [0.4, 0.5) is 0 Å². The van der Waals surface area contributed by atoms with E-state index in [2.05, 4.69) is 6.92 Å². The molecule has 1 saturated heterocycles. The van der Waals surface area contributed by atoms with Gasteiger partial charge in [-0.25, -0.2) is 4.68 Å². The molecule has 1 fully saturated rings. The molecule has 0 spiro atoms. The lowest BCUT2D eigenvalue weighted by Gasteiger charge is -2.13. The predicted octanol–water partition coefficient (Wildman–Crippen LogP) is 8.55. The molecule has 1 amide bonds. The van der Waals surface area contributed by atoms with Crippen molar-refractivity contribution in [2.75, 3.05) is 6.54 Å². The Bertz CT molecular complexity index is 1500. The molecule has 5 nitrogen and oxygen atoms in total. The molecule has 8 heteroatoms. The van der Waals surface area contributed by atoms with Crippen molar-refractivity contribution in [1.29, 1.82) is 0 Å². The van der Waals surface area contributed by atoms with Crippen LogP contribution in [0.1, 0.15) is 43.7 Å². The van der Waals surface area contributed by atoms with Gasteiger partial charge in [-0.05, 0) is 66.6 Å². The van der Waals surface area contributed by atoms with Crippen molar-refractivity contribution in [2.45, 2.75) is 39.2 Å². The number of amides is 1. The van der Waals surface area contributed by atoms with Gasteiger partial charge in [0.15, 0.2) is 0 Å². The Kier molecular flexibility index (Phi) is 9.37. The number of thioether (sulfide) groups is 1. The summed E-state index contributed by atoms with van der Waals surface area (Å²) in [4.78, 5) is 15.6. The molecule has 1 aliphatic rings. The Balaban J connectivity index is 1.39. The minimum absolute atomic E-state index is 0.0316. The van der Waals surface area contributed by atoms with E-state index in [1.807, 2.05) is 95.8 Å². The highest BCUT2D eigenvalue weighted by atomic mass is 35.5. The van der Waals surface area contributed by atoms with Gasteiger partial charge in [0.25, 0.3) is 5.91 Å². The van der Waals surface area contributed by atoms with E-state index < -0.39 is 0 Å². The van der Waals surface area contributed by atoms with E-state index in [0.717, 1.165) is 59.5 Å².